The first-order valence-electron chi connectivity index (χ1n) is 3.43. The van der Waals surface area contributed by atoms with Crippen molar-refractivity contribution in [2.24, 2.45) is 0 Å². The van der Waals surface area contributed by atoms with E-state index in [1.807, 2.05) is 0 Å². The molecule has 0 fully saturated rings. The van der Waals surface area contributed by atoms with Crippen LogP contribution in [0.4, 0.5) is 8.78 Å². The first kappa shape index (κ1) is 12.2. The fourth-order valence-corrected chi connectivity index (χ4v) is 0.734. The van der Waals surface area contributed by atoms with Crippen LogP contribution in [0.15, 0.2) is 10.8 Å². The van der Waals surface area contributed by atoms with Gasteiger partial charge in [-0.25, -0.2) is 13.6 Å². The van der Waals surface area contributed by atoms with Gasteiger partial charge in [-0.05, 0) is 18.5 Å². The predicted molar refractivity (Wildman–Crippen MR) is 42.5 cm³/mol. The molecule has 0 aromatic rings. The molecule has 0 unspecified atom stereocenters. The van der Waals surface area contributed by atoms with Gasteiger partial charge >= 0.3 is 5.97 Å². The molecule has 0 radical (unpaired) electrons. The van der Waals surface area contributed by atoms with E-state index in [0.717, 1.165) is 7.11 Å². The number of ether oxygens (including phenoxy) is 2. The van der Waals surface area contributed by atoms with Gasteiger partial charge in [0, 0.05) is 0 Å². The second-order valence-corrected chi connectivity index (χ2v) is 2.26. The molecule has 0 heterocycles. The molecule has 0 aromatic heterocycles. The van der Waals surface area contributed by atoms with E-state index >= 15 is 0 Å². The number of methoxy groups -OCH3 is 1. The van der Waals surface area contributed by atoms with E-state index in [0.29, 0.717) is 0 Å². The lowest BCUT2D eigenvalue weighted by Crippen LogP contribution is -2.15. The molecule has 0 aromatic carbocycles. The van der Waals surface area contributed by atoms with Crippen LogP contribution in [0.5, 0.6) is 0 Å². The zero-order valence-corrected chi connectivity index (χ0v) is 7.90. The van der Waals surface area contributed by atoms with Crippen LogP contribution in [-0.4, -0.2) is 26.1 Å². The summed E-state index contributed by atoms with van der Waals surface area (Å²) in [5.41, 5.74) is -0.953. The summed E-state index contributed by atoms with van der Waals surface area (Å²) in [5, 5.41) is -0.645. The second-order valence-electron chi connectivity index (χ2n) is 1.91. The first-order chi connectivity index (χ1) is 6.04. The van der Waals surface area contributed by atoms with Crippen molar-refractivity contribution in [3.05, 3.63) is 10.8 Å². The standard InChI is InChI=1S/C7H9ClF2O3/c1-3-13-7(11)4(6(9)10)5(8)12-2/h6H,3H2,1-2H3. The lowest BCUT2D eigenvalue weighted by Gasteiger charge is -2.07. The summed E-state index contributed by atoms with van der Waals surface area (Å²) in [7, 11) is 1.09. The minimum atomic E-state index is -3.01. The number of carbonyl (C=O) groups excluding carboxylic acids is 1. The predicted octanol–water partition coefficient (Wildman–Crippen LogP) is 1.91. The molecule has 0 amide bonds. The highest BCUT2D eigenvalue weighted by atomic mass is 35.5. The Labute approximate surface area is 79.3 Å². The Morgan fingerprint density at radius 3 is 2.38 bits per heavy atom. The Hall–Kier alpha value is -0.840. The third-order valence-electron chi connectivity index (χ3n) is 1.10. The molecule has 0 rings (SSSR count). The van der Waals surface area contributed by atoms with Crippen molar-refractivity contribution in [1.29, 1.82) is 0 Å². The van der Waals surface area contributed by atoms with Crippen LogP contribution in [-0.2, 0) is 14.3 Å². The molecule has 0 bridgehead atoms. The van der Waals surface area contributed by atoms with Gasteiger partial charge in [0.25, 0.3) is 6.43 Å². The number of rotatable bonds is 4. The quantitative estimate of drug-likeness (QED) is 0.407. The SMILES string of the molecule is CCOC(=O)C(=C(Cl)OC)C(F)F. The molecule has 0 saturated heterocycles. The Morgan fingerprint density at radius 1 is 1.54 bits per heavy atom. The van der Waals surface area contributed by atoms with Crippen LogP contribution in [0.2, 0.25) is 0 Å². The van der Waals surface area contributed by atoms with Crippen molar-refractivity contribution in [2.75, 3.05) is 13.7 Å². The zero-order chi connectivity index (χ0) is 10.4. The van der Waals surface area contributed by atoms with Crippen LogP contribution in [0.1, 0.15) is 6.92 Å². The van der Waals surface area contributed by atoms with Crippen LogP contribution >= 0.6 is 11.6 Å². The summed E-state index contributed by atoms with van der Waals surface area (Å²) >= 11 is 5.23. The molecular formula is C7H9ClF2O3. The van der Waals surface area contributed by atoms with Gasteiger partial charge in [-0.3, -0.25) is 0 Å². The minimum absolute atomic E-state index is 0.00291. The van der Waals surface area contributed by atoms with Gasteiger partial charge in [-0.1, -0.05) is 0 Å². The monoisotopic (exact) mass is 214 g/mol. The number of carbonyl (C=O) groups is 1. The smallest absolute Gasteiger partial charge is 0.344 e. The van der Waals surface area contributed by atoms with Gasteiger partial charge in [-0.2, -0.15) is 0 Å². The van der Waals surface area contributed by atoms with Crippen molar-refractivity contribution >= 4 is 17.6 Å². The topological polar surface area (TPSA) is 35.5 Å². The maximum atomic E-state index is 12.2. The van der Waals surface area contributed by atoms with Crippen molar-refractivity contribution in [3.8, 4) is 0 Å². The molecule has 0 aliphatic carbocycles. The van der Waals surface area contributed by atoms with Gasteiger partial charge < -0.3 is 9.47 Å². The number of halogens is 3. The van der Waals surface area contributed by atoms with Crippen molar-refractivity contribution in [3.63, 3.8) is 0 Å². The highest BCUT2D eigenvalue weighted by Crippen LogP contribution is 2.19. The van der Waals surface area contributed by atoms with Crippen molar-refractivity contribution in [2.45, 2.75) is 13.3 Å². The summed E-state index contributed by atoms with van der Waals surface area (Å²) < 4.78 is 33.0. The molecule has 0 saturated carbocycles. The normalized spacial score (nSPS) is 12.5. The van der Waals surface area contributed by atoms with E-state index in [4.69, 9.17) is 11.6 Å². The van der Waals surface area contributed by atoms with E-state index in [2.05, 4.69) is 9.47 Å². The van der Waals surface area contributed by atoms with E-state index in [1.165, 1.54) is 6.92 Å². The Bertz CT molecular complexity index is 216. The summed E-state index contributed by atoms with van der Waals surface area (Å²) in [6.45, 7) is 1.50. The second kappa shape index (κ2) is 5.75. The average Bonchev–Trinajstić information content (AvgIpc) is 2.04. The molecule has 0 aliphatic heterocycles. The number of hydrogen-bond donors (Lipinski definition) is 0. The highest BCUT2D eigenvalue weighted by molar-refractivity contribution is 6.30. The lowest BCUT2D eigenvalue weighted by atomic mass is 10.3. The summed E-state index contributed by atoms with van der Waals surface area (Å²) in [6.07, 6.45) is -3.01. The van der Waals surface area contributed by atoms with Crippen molar-refractivity contribution in [1.82, 2.24) is 0 Å². The van der Waals surface area contributed by atoms with Crippen LogP contribution < -0.4 is 0 Å². The molecule has 76 valence electrons. The summed E-state index contributed by atoms with van der Waals surface area (Å²) in [5.74, 6) is -1.16. The maximum Gasteiger partial charge on any atom is 0.344 e. The Balaban J connectivity index is 4.71. The third kappa shape index (κ3) is 3.59. The van der Waals surface area contributed by atoms with E-state index < -0.39 is 23.2 Å². The van der Waals surface area contributed by atoms with Crippen LogP contribution in [0.25, 0.3) is 0 Å². The Kier molecular flexibility index (Phi) is 5.37. The third-order valence-corrected chi connectivity index (χ3v) is 1.46. The maximum absolute atomic E-state index is 12.2. The molecule has 6 heteroatoms. The average molecular weight is 215 g/mol. The summed E-state index contributed by atoms with van der Waals surface area (Å²) in [6, 6.07) is 0. The molecule has 0 atom stereocenters. The van der Waals surface area contributed by atoms with Crippen LogP contribution in [0, 0.1) is 0 Å². The first-order valence-corrected chi connectivity index (χ1v) is 3.81. The van der Waals surface area contributed by atoms with E-state index in [-0.39, 0.29) is 6.61 Å². The molecule has 0 spiro atoms. The van der Waals surface area contributed by atoms with Gasteiger partial charge in [0.15, 0.2) is 5.57 Å². The van der Waals surface area contributed by atoms with Crippen LogP contribution in [0.3, 0.4) is 0 Å². The molecule has 13 heavy (non-hydrogen) atoms. The number of alkyl halides is 2. The Morgan fingerprint density at radius 2 is 2.08 bits per heavy atom. The van der Waals surface area contributed by atoms with E-state index in [9.17, 15) is 13.6 Å². The fourth-order valence-electron chi connectivity index (χ4n) is 0.574. The molecular weight excluding hydrogens is 206 g/mol. The van der Waals surface area contributed by atoms with Gasteiger partial charge in [0.05, 0.1) is 13.7 Å². The van der Waals surface area contributed by atoms with Crippen molar-refractivity contribution < 1.29 is 23.0 Å². The fraction of sp³-hybridized carbons (Fsp3) is 0.571. The lowest BCUT2D eigenvalue weighted by molar-refractivity contribution is -0.140. The number of hydrogen-bond acceptors (Lipinski definition) is 3. The van der Waals surface area contributed by atoms with Gasteiger partial charge in [0.1, 0.15) is 0 Å². The zero-order valence-electron chi connectivity index (χ0n) is 7.14. The molecule has 0 N–H and O–H groups in total. The minimum Gasteiger partial charge on any atom is -0.486 e. The van der Waals surface area contributed by atoms with E-state index in [1.54, 1.807) is 0 Å². The molecule has 3 nitrogen and oxygen atoms in total. The van der Waals surface area contributed by atoms with Gasteiger partial charge in [0.2, 0.25) is 5.22 Å². The summed E-state index contributed by atoms with van der Waals surface area (Å²) in [4.78, 5) is 10.9. The van der Waals surface area contributed by atoms with Gasteiger partial charge in [-0.15, -0.1) is 0 Å². The highest BCUT2D eigenvalue weighted by Gasteiger charge is 2.26. The largest absolute Gasteiger partial charge is 0.486 e. The number of esters is 1. The molecule has 0 aliphatic rings.